The Kier molecular flexibility index (Phi) is 6.49. The van der Waals surface area contributed by atoms with Crippen molar-refractivity contribution in [3.05, 3.63) is 53.6 Å². The summed E-state index contributed by atoms with van der Waals surface area (Å²) in [4.78, 5) is 12.4. The van der Waals surface area contributed by atoms with Crippen molar-refractivity contribution in [2.75, 3.05) is 20.3 Å². The molecule has 1 amide bonds. The van der Waals surface area contributed by atoms with Crippen LogP contribution in [0.4, 0.5) is 0 Å². The van der Waals surface area contributed by atoms with Crippen LogP contribution in [0, 0.1) is 0 Å². The molecule has 5 nitrogen and oxygen atoms in total. The lowest BCUT2D eigenvalue weighted by atomic mass is 10.1. The summed E-state index contributed by atoms with van der Waals surface area (Å²) >= 11 is 0. The maximum atomic E-state index is 12.4. The molecule has 0 bridgehead atoms. The highest BCUT2D eigenvalue weighted by Gasteiger charge is 2.11. The van der Waals surface area contributed by atoms with Gasteiger partial charge in [-0.05, 0) is 49.7 Å². The zero-order valence-corrected chi connectivity index (χ0v) is 14.3. The van der Waals surface area contributed by atoms with Crippen molar-refractivity contribution in [3.63, 3.8) is 0 Å². The lowest BCUT2D eigenvalue weighted by Gasteiger charge is -2.12. The zero-order chi connectivity index (χ0) is 17.4. The summed E-state index contributed by atoms with van der Waals surface area (Å²) in [6.45, 7) is 5.28. The van der Waals surface area contributed by atoms with Crippen molar-refractivity contribution in [2.24, 2.45) is 0 Å². The highest BCUT2D eigenvalue weighted by Crippen LogP contribution is 2.28. The molecule has 0 atom stereocenters. The summed E-state index contributed by atoms with van der Waals surface area (Å²) in [5.41, 5.74) is 1.50. The normalized spacial score (nSPS) is 10.1. The van der Waals surface area contributed by atoms with Gasteiger partial charge in [0.15, 0.2) is 11.5 Å². The van der Waals surface area contributed by atoms with Crippen molar-refractivity contribution in [1.82, 2.24) is 5.32 Å². The van der Waals surface area contributed by atoms with Crippen LogP contribution in [0.2, 0.25) is 0 Å². The third-order valence-corrected chi connectivity index (χ3v) is 3.39. The van der Waals surface area contributed by atoms with Crippen molar-refractivity contribution in [3.8, 4) is 17.2 Å². The van der Waals surface area contributed by atoms with Crippen LogP contribution in [-0.4, -0.2) is 26.2 Å². The van der Waals surface area contributed by atoms with E-state index in [0.717, 1.165) is 11.3 Å². The van der Waals surface area contributed by atoms with Crippen LogP contribution in [0.3, 0.4) is 0 Å². The highest BCUT2D eigenvalue weighted by atomic mass is 16.5. The number of ether oxygens (including phenoxy) is 3. The number of methoxy groups -OCH3 is 1. The van der Waals surface area contributed by atoms with E-state index in [-0.39, 0.29) is 5.91 Å². The first-order valence-corrected chi connectivity index (χ1v) is 7.98. The molecule has 0 aromatic heterocycles. The minimum Gasteiger partial charge on any atom is -0.497 e. The summed E-state index contributed by atoms with van der Waals surface area (Å²) in [5, 5.41) is 2.90. The molecule has 5 heteroatoms. The van der Waals surface area contributed by atoms with Gasteiger partial charge in [-0.3, -0.25) is 4.79 Å². The Bertz CT molecular complexity index is 685. The molecule has 2 rings (SSSR count). The summed E-state index contributed by atoms with van der Waals surface area (Å²) in [6.07, 6.45) is 0. The molecule has 1 N–H and O–H groups in total. The number of hydrogen-bond acceptors (Lipinski definition) is 4. The van der Waals surface area contributed by atoms with Gasteiger partial charge in [0.2, 0.25) is 0 Å². The molecule has 0 heterocycles. The number of rotatable bonds is 8. The first kappa shape index (κ1) is 17.7. The molecule has 0 radical (unpaired) electrons. The van der Waals surface area contributed by atoms with Gasteiger partial charge in [-0.25, -0.2) is 0 Å². The van der Waals surface area contributed by atoms with Crippen molar-refractivity contribution in [2.45, 2.75) is 20.4 Å². The van der Waals surface area contributed by atoms with Gasteiger partial charge < -0.3 is 19.5 Å². The van der Waals surface area contributed by atoms with Crippen LogP contribution >= 0.6 is 0 Å². The Balaban J connectivity index is 2.07. The second kappa shape index (κ2) is 8.82. The number of nitrogens with one attached hydrogen (secondary N) is 1. The van der Waals surface area contributed by atoms with Crippen molar-refractivity contribution >= 4 is 5.91 Å². The monoisotopic (exact) mass is 329 g/mol. The number of amides is 1. The number of carbonyl (C=O) groups is 1. The summed E-state index contributed by atoms with van der Waals surface area (Å²) in [5.74, 6) is 1.82. The van der Waals surface area contributed by atoms with Gasteiger partial charge in [-0.1, -0.05) is 12.1 Å². The van der Waals surface area contributed by atoms with E-state index in [1.165, 1.54) is 0 Å². The lowest BCUT2D eigenvalue weighted by molar-refractivity contribution is 0.0950. The second-order valence-corrected chi connectivity index (χ2v) is 5.06. The maximum absolute atomic E-state index is 12.4. The Morgan fingerprint density at radius 2 is 1.75 bits per heavy atom. The van der Waals surface area contributed by atoms with Gasteiger partial charge in [0.25, 0.3) is 5.91 Å². The predicted octanol–water partition coefficient (Wildman–Crippen LogP) is 3.42. The van der Waals surface area contributed by atoms with Crippen LogP contribution < -0.4 is 19.5 Å². The van der Waals surface area contributed by atoms with Crippen LogP contribution in [-0.2, 0) is 6.54 Å². The maximum Gasteiger partial charge on any atom is 0.251 e. The molecule has 0 spiro atoms. The molecule has 0 aliphatic carbocycles. The Hall–Kier alpha value is -2.69. The van der Waals surface area contributed by atoms with Gasteiger partial charge in [-0.15, -0.1) is 0 Å². The molecule has 24 heavy (non-hydrogen) atoms. The standard InChI is InChI=1S/C19H23NO4/c1-4-23-17-10-9-15(12-18(17)24-5-2)19(21)20-13-14-7-6-8-16(11-14)22-3/h6-12H,4-5,13H2,1-3H3,(H,20,21). The van der Waals surface area contributed by atoms with Crippen LogP contribution in [0.5, 0.6) is 17.2 Å². The molecule has 2 aromatic rings. The fourth-order valence-electron chi connectivity index (χ4n) is 2.26. The molecule has 0 fully saturated rings. The van der Waals surface area contributed by atoms with Gasteiger partial charge in [-0.2, -0.15) is 0 Å². The van der Waals surface area contributed by atoms with Gasteiger partial charge in [0, 0.05) is 12.1 Å². The fourth-order valence-corrected chi connectivity index (χ4v) is 2.26. The topological polar surface area (TPSA) is 56.8 Å². The van der Waals surface area contributed by atoms with Crippen molar-refractivity contribution in [1.29, 1.82) is 0 Å². The predicted molar refractivity (Wildman–Crippen MR) is 92.9 cm³/mol. The van der Waals surface area contributed by atoms with E-state index < -0.39 is 0 Å². The van der Waals surface area contributed by atoms with E-state index in [1.54, 1.807) is 25.3 Å². The van der Waals surface area contributed by atoms with Crippen LogP contribution in [0.25, 0.3) is 0 Å². The first-order valence-electron chi connectivity index (χ1n) is 7.98. The van der Waals surface area contributed by atoms with Crippen LogP contribution in [0.1, 0.15) is 29.8 Å². The van der Waals surface area contributed by atoms with E-state index in [2.05, 4.69) is 5.32 Å². The van der Waals surface area contributed by atoms with Gasteiger partial charge in [0.05, 0.1) is 20.3 Å². The quantitative estimate of drug-likeness (QED) is 0.806. The third kappa shape index (κ3) is 4.65. The lowest BCUT2D eigenvalue weighted by Crippen LogP contribution is -2.22. The number of carbonyl (C=O) groups excluding carboxylic acids is 1. The smallest absolute Gasteiger partial charge is 0.251 e. The first-order chi connectivity index (χ1) is 11.7. The zero-order valence-electron chi connectivity index (χ0n) is 14.3. The Morgan fingerprint density at radius 1 is 1.00 bits per heavy atom. The molecular weight excluding hydrogens is 306 g/mol. The molecule has 0 aliphatic heterocycles. The molecule has 0 saturated carbocycles. The minimum atomic E-state index is -0.165. The van der Waals surface area contributed by atoms with Gasteiger partial charge >= 0.3 is 0 Å². The summed E-state index contributed by atoms with van der Waals surface area (Å²) in [7, 11) is 1.62. The average molecular weight is 329 g/mol. The minimum absolute atomic E-state index is 0.165. The van der Waals surface area contributed by atoms with E-state index in [1.807, 2.05) is 38.1 Å². The molecule has 0 aliphatic rings. The van der Waals surface area contributed by atoms with E-state index >= 15 is 0 Å². The highest BCUT2D eigenvalue weighted by molar-refractivity contribution is 5.94. The molecule has 2 aromatic carbocycles. The largest absolute Gasteiger partial charge is 0.497 e. The van der Waals surface area contributed by atoms with Gasteiger partial charge in [0.1, 0.15) is 5.75 Å². The summed E-state index contributed by atoms with van der Waals surface area (Å²) in [6, 6.07) is 12.8. The number of hydrogen-bond donors (Lipinski definition) is 1. The molecular formula is C19H23NO4. The SMILES string of the molecule is CCOc1ccc(C(=O)NCc2cccc(OC)c2)cc1OCC. The second-order valence-electron chi connectivity index (χ2n) is 5.06. The Morgan fingerprint density at radius 3 is 2.46 bits per heavy atom. The number of benzene rings is 2. The van der Waals surface area contributed by atoms with Crippen LogP contribution in [0.15, 0.2) is 42.5 Å². The molecule has 128 valence electrons. The average Bonchev–Trinajstić information content (AvgIpc) is 2.61. The molecule has 0 unspecified atom stereocenters. The van der Waals surface area contributed by atoms with E-state index in [9.17, 15) is 4.79 Å². The van der Waals surface area contributed by atoms with E-state index in [4.69, 9.17) is 14.2 Å². The summed E-state index contributed by atoms with van der Waals surface area (Å²) < 4.78 is 16.2. The fraction of sp³-hybridized carbons (Fsp3) is 0.316. The molecule has 0 saturated heterocycles. The van der Waals surface area contributed by atoms with Crippen molar-refractivity contribution < 1.29 is 19.0 Å². The van der Waals surface area contributed by atoms with E-state index in [0.29, 0.717) is 36.8 Å². The third-order valence-electron chi connectivity index (χ3n) is 3.39. The Labute approximate surface area is 142 Å².